The zero-order valence-corrected chi connectivity index (χ0v) is 8.61. The largest absolute Gasteiger partial charge is 0.372 e. The smallest absolute Gasteiger partial charge is 0.103 e. The summed E-state index contributed by atoms with van der Waals surface area (Å²) in [4.78, 5) is 0. The van der Waals surface area contributed by atoms with Crippen molar-refractivity contribution in [1.82, 2.24) is 5.32 Å². The first-order valence-corrected chi connectivity index (χ1v) is 4.82. The van der Waals surface area contributed by atoms with Crippen LogP contribution in [-0.4, -0.2) is 0 Å². The number of halogens is 2. The molecule has 2 rings (SSSR count). The maximum atomic E-state index is 5.83. The van der Waals surface area contributed by atoms with Crippen molar-refractivity contribution in [2.75, 3.05) is 0 Å². The summed E-state index contributed by atoms with van der Waals surface area (Å²) in [7, 11) is 0. The van der Waals surface area contributed by atoms with Crippen molar-refractivity contribution in [2.45, 2.75) is 6.54 Å². The molecule has 0 unspecified atom stereocenters. The minimum Gasteiger partial charge on any atom is -0.372 e. The summed E-state index contributed by atoms with van der Waals surface area (Å²) in [5.41, 5.74) is 2.47. The lowest BCUT2D eigenvalue weighted by atomic mass is 10.1. The molecule has 0 saturated heterocycles. The molecular formula is C9H7BrClN. The third-order valence-electron chi connectivity index (χ3n) is 1.84. The van der Waals surface area contributed by atoms with Crippen LogP contribution in [-0.2, 0) is 6.54 Å². The van der Waals surface area contributed by atoms with E-state index in [0.717, 1.165) is 11.0 Å². The Balaban J connectivity index is 2.53. The molecule has 12 heavy (non-hydrogen) atoms. The Morgan fingerprint density at radius 2 is 2.25 bits per heavy atom. The quantitative estimate of drug-likeness (QED) is 0.692. The van der Waals surface area contributed by atoms with Gasteiger partial charge in [0, 0.05) is 11.0 Å². The molecule has 62 valence electrons. The molecule has 1 N–H and O–H groups in total. The van der Waals surface area contributed by atoms with Crippen LogP contribution in [0.4, 0.5) is 0 Å². The van der Waals surface area contributed by atoms with Crippen LogP contribution < -0.4 is 5.32 Å². The van der Waals surface area contributed by atoms with Gasteiger partial charge in [-0.25, -0.2) is 0 Å². The van der Waals surface area contributed by atoms with Gasteiger partial charge in [-0.3, -0.25) is 0 Å². The number of hydrogen-bond acceptors (Lipinski definition) is 1. The first kappa shape index (κ1) is 8.14. The van der Waals surface area contributed by atoms with Crippen molar-refractivity contribution in [1.29, 1.82) is 0 Å². The maximum Gasteiger partial charge on any atom is 0.103 e. The molecule has 0 aliphatic carbocycles. The molecule has 0 atom stereocenters. The normalized spacial score (nSPS) is 14.7. The van der Waals surface area contributed by atoms with Gasteiger partial charge in [0.15, 0.2) is 0 Å². The molecule has 0 amide bonds. The highest BCUT2D eigenvalue weighted by Crippen LogP contribution is 2.22. The SMILES string of the molecule is ClC1=Cc2cc(Br)ccc2CN1. The van der Waals surface area contributed by atoms with E-state index in [1.54, 1.807) is 0 Å². The van der Waals surface area contributed by atoms with Gasteiger partial charge >= 0.3 is 0 Å². The highest BCUT2D eigenvalue weighted by atomic mass is 79.9. The predicted octanol–water partition coefficient (Wildman–Crippen LogP) is 3.09. The van der Waals surface area contributed by atoms with Gasteiger partial charge in [0.1, 0.15) is 5.16 Å². The highest BCUT2D eigenvalue weighted by molar-refractivity contribution is 9.10. The molecule has 0 bridgehead atoms. The lowest BCUT2D eigenvalue weighted by molar-refractivity contribution is 0.842. The van der Waals surface area contributed by atoms with E-state index in [-0.39, 0.29) is 0 Å². The van der Waals surface area contributed by atoms with Gasteiger partial charge in [-0.15, -0.1) is 0 Å². The lowest BCUT2D eigenvalue weighted by Gasteiger charge is -2.14. The molecular weight excluding hydrogens is 237 g/mol. The van der Waals surface area contributed by atoms with Crippen LogP contribution in [0.2, 0.25) is 0 Å². The Labute approximate surface area is 84.6 Å². The molecule has 0 spiro atoms. The van der Waals surface area contributed by atoms with E-state index in [1.807, 2.05) is 12.1 Å². The van der Waals surface area contributed by atoms with E-state index in [4.69, 9.17) is 11.6 Å². The van der Waals surface area contributed by atoms with Crippen molar-refractivity contribution < 1.29 is 0 Å². The first-order chi connectivity index (χ1) is 5.75. The van der Waals surface area contributed by atoms with Crippen molar-refractivity contribution in [3.05, 3.63) is 39.0 Å². The number of rotatable bonds is 0. The van der Waals surface area contributed by atoms with Gasteiger partial charge in [0.05, 0.1) is 0 Å². The molecule has 1 aliphatic heterocycles. The molecule has 1 aromatic carbocycles. The second-order valence-electron chi connectivity index (χ2n) is 2.69. The fourth-order valence-electron chi connectivity index (χ4n) is 1.23. The lowest BCUT2D eigenvalue weighted by Crippen LogP contribution is -2.13. The molecule has 1 aliphatic rings. The van der Waals surface area contributed by atoms with Crippen molar-refractivity contribution in [3.8, 4) is 0 Å². The standard InChI is InChI=1S/C9H7BrClN/c10-8-2-1-6-5-12-9(11)4-7(6)3-8/h1-4,12H,5H2. The monoisotopic (exact) mass is 243 g/mol. The van der Waals surface area contributed by atoms with Gasteiger partial charge in [0.2, 0.25) is 0 Å². The summed E-state index contributed by atoms with van der Waals surface area (Å²) in [5, 5.41) is 3.78. The molecule has 3 heteroatoms. The van der Waals surface area contributed by atoms with Crippen molar-refractivity contribution >= 4 is 33.6 Å². The third-order valence-corrected chi connectivity index (χ3v) is 2.57. The van der Waals surface area contributed by atoms with Crippen LogP contribution >= 0.6 is 27.5 Å². The number of fused-ring (bicyclic) bond motifs is 1. The van der Waals surface area contributed by atoms with Crippen molar-refractivity contribution in [3.63, 3.8) is 0 Å². The summed E-state index contributed by atoms with van der Waals surface area (Å²) >= 11 is 9.25. The number of benzene rings is 1. The van der Waals surface area contributed by atoms with Gasteiger partial charge < -0.3 is 5.32 Å². The zero-order valence-electron chi connectivity index (χ0n) is 6.27. The van der Waals surface area contributed by atoms with Crippen LogP contribution in [0.25, 0.3) is 6.08 Å². The average molecular weight is 245 g/mol. The van der Waals surface area contributed by atoms with Gasteiger partial charge in [0.25, 0.3) is 0 Å². The Hall–Kier alpha value is -0.470. The molecule has 1 nitrogen and oxygen atoms in total. The van der Waals surface area contributed by atoms with E-state index in [0.29, 0.717) is 5.16 Å². The Morgan fingerprint density at radius 1 is 1.42 bits per heavy atom. The summed E-state index contributed by atoms with van der Waals surface area (Å²) in [6.07, 6.45) is 1.94. The number of nitrogens with one attached hydrogen (secondary N) is 1. The molecule has 0 saturated carbocycles. The van der Waals surface area contributed by atoms with E-state index in [9.17, 15) is 0 Å². The predicted molar refractivity (Wildman–Crippen MR) is 54.8 cm³/mol. The van der Waals surface area contributed by atoms with E-state index < -0.39 is 0 Å². The molecule has 1 aromatic rings. The van der Waals surface area contributed by atoms with Crippen LogP contribution in [0.15, 0.2) is 27.8 Å². The van der Waals surface area contributed by atoms with Crippen LogP contribution in [0.3, 0.4) is 0 Å². The second-order valence-corrected chi connectivity index (χ2v) is 4.01. The highest BCUT2D eigenvalue weighted by Gasteiger charge is 2.07. The zero-order chi connectivity index (χ0) is 8.55. The van der Waals surface area contributed by atoms with Crippen molar-refractivity contribution in [2.24, 2.45) is 0 Å². The van der Waals surface area contributed by atoms with Gasteiger partial charge in [-0.2, -0.15) is 0 Å². The molecule has 0 fully saturated rings. The molecule has 0 radical (unpaired) electrons. The minimum absolute atomic E-state index is 0.709. The number of hydrogen-bond donors (Lipinski definition) is 1. The average Bonchev–Trinajstić information content (AvgIpc) is 2.03. The first-order valence-electron chi connectivity index (χ1n) is 3.65. The molecule has 0 aromatic heterocycles. The summed E-state index contributed by atoms with van der Waals surface area (Å²) < 4.78 is 1.09. The Morgan fingerprint density at radius 3 is 3.08 bits per heavy atom. The maximum absolute atomic E-state index is 5.83. The second kappa shape index (κ2) is 3.11. The van der Waals surface area contributed by atoms with Gasteiger partial charge in [-0.05, 0) is 29.3 Å². The van der Waals surface area contributed by atoms with Crippen LogP contribution in [0.1, 0.15) is 11.1 Å². The minimum atomic E-state index is 0.709. The topological polar surface area (TPSA) is 12.0 Å². The summed E-state index contributed by atoms with van der Waals surface area (Å²) in [6.45, 7) is 0.817. The molecule has 1 heterocycles. The fourth-order valence-corrected chi connectivity index (χ4v) is 1.79. The van der Waals surface area contributed by atoms with Crippen LogP contribution in [0, 0.1) is 0 Å². The van der Waals surface area contributed by atoms with Gasteiger partial charge in [-0.1, -0.05) is 33.6 Å². The van der Waals surface area contributed by atoms with E-state index in [2.05, 4.69) is 33.4 Å². The summed E-state index contributed by atoms with van der Waals surface area (Å²) in [6, 6.07) is 6.19. The Bertz CT molecular complexity index is 346. The third kappa shape index (κ3) is 1.50. The Kier molecular flexibility index (Phi) is 2.11. The summed E-state index contributed by atoms with van der Waals surface area (Å²) in [5.74, 6) is 0. The van der Waals surface area contributed by atoms with E-state index in [1.165, 1.54) is 11.1 Å². The van der Waals surface area contributed by atoms with Crippen LogP contribution in [0.5, 0.6) is 0 Å². The van der Waals surface area contributed by atoms with E-state index >= 15 is 0 Å². The fraction of sp³-hybridized carbons (Fsp3) is 0.111.